The van der Waals surface area contributed by atoms with Crippen LogP contribution in [-0.2, 0) is 4.79 Å². The lowest BCUT2D eigenvalue weighted by Gasteiger charge is -1.99. The maximum atomic E-state index is 12.4. The molecule has 0 N–H and O–H groups in total. The smallest absolute Gasteiger partial charge is 0.194 e. The van der Waals surface area contributed by atoms with E-state index in [1.54, 1.807) is 6.92 Å². The number of benzene rings is 2. The molecule has 1 aliphatic rings. The number of carbonyl (C=O) groups is 2. The van der Waals surface area contributed by atoms with Crippen LogP contribution in [0.25, 0.3) is 11.1 Å². The molecule has 0 amide bonds. The first-order chi connectivity index (χ1) is 10.7. The van der Waals surface area contributed by atoms with Gasteiger partial charge in [-0.05, 0) is 23.3 Å². The van der Waals surface area contributed by atoms with Gasteiger partial charge in [-0.25, -0.2) is 0 Å². The molecule has 22 heavy (non-hydrogen) atoms. The SMILES string of the molecule is CC(=O)SCCC#Cc1ccc2c(c1)C(=O)c1ccccc1-2. The summed E-state index contributed by atoms with van der Waals surface area (Å²) in [5.41, 5.74) is 4.32. The van der Waals surface area contributed by atoms with Gasteiger partial charge in [0.05, 0.1) is 0 Å². The van der Waals surface area contributed by atoms with Crippen molar-refractivity contribution in [3.8, 4) is 23.0 Å². The minimum absolute atomic E-state index is 0.0707. The van der Waals surface area contributed by atoms with Crippen LogP contribution in [0.5, 0.6) is 0 Å². The largest absolute Gasteiger partial charge is 0.289 e. The molecule has 2 aromatic rings. The maximum absolute atomic E-state index is 12.4. The number of ketones is 1. The number of hydrogen-bond donors (Lipinski definition) is 0. The molecule has 0 heterocycles. The lowest BCUT2D eigenvalue weighted by atomic mass is 10.0. The van der Waals surface area contributed by atoms with E-state index in [0.29, 0.717) is 12.2 Å². The molecule has 3 rings (SSSR count). The second-order valence-corrected chi connectivity index (χ2v) is 6.30. The third-order valence-corrected chi connectivity index (χ3v) is 4.31. The average Bonchev–Trinajstić information content (AvgIpc) is 2.80. The summed E-state index contributed by atoms with van der Waals surface area (Å²) in [6, 6.07) is 13.4. The molecule has 2 nitrogen and oxygen atoms in total. The second kappa shape index (κ2) is 6.21. The van der Waals surface area contributed by atoms with Crippen molar-refractivity contribution in [2.45, 2.75) is 13.3 Å². The number of thioether (sulfide) groups is 1. The fraction of sp³-hybridized carbons (Fsp3) is 0.158. The molecule has 0 aromatic heterocycles. The third kappa shape index (κ3) is 2.84. The quantitative estimate of drug-likeness (QED) is 0.531. The van der Waals surface area contributed by atoms with Gasteiger partial charge in [0.1, 0.15) is 0 Å². The normalized spacial score (nSPS) is 11.4. The molecule has 1 aliphatic carbocycles. The van der Waals surface area contributed by atoms with Crippen molar-refractivity contribution in [2.75, 3.05) is 5.75 Å². The lowest BCUT2D eigenvalue weighted by Crippen LogP contribution is -1.95. The fourth-order valence-corrected chi connectivity index (χ4v) is 3.01. The van der Waals surface area contributed by atoms with Gasteiger partial charge in [0.15, 0.2) is 10.9 Å². The monoisotopic (exact) mass is 306 g/mol. The predicted octanol–water partition coefficient (Wildman–Crippen LogP) is 3.92. The van der Waals surface area contributed by atoms with Gasteiger partial charge in [-0.2, -0.15) is 0 Å². The van der Waals surface area contributed by atoms with Crippen LogP contribution in [0.1, 0.15) is 34.8 Å². The van der Waals surface area contributed by atoms with E-state index >= 15 is 0 Å². The third-order valence-electron chi connectivity index (χ3n) is 3.49. The molecule has 3 heteroatoms. The van der Waals surface area contributed by atoms with E-state index in [1.807, 2.05) is 42.5 Å². The van der Waals surface area contributed by atoms with E-state index in [9.17, 15) is 9.59 Å². The Bertz CT molecular complexity index is 825. The van der Waals surface area contributed by atoms with Crippen LogP contribution in [0.4, 0.5) is 0 Å². The minimum Gasteiger partial charge on any atom is -0.289 e. The number of hydrogen-bond acceptors (Lipinski definition) is 3. The Labute approximate surface area is 133 Å². The fourth-order valence-electron chi connectivity index (χ4n) is 2.52. The van der Waals surface area contributed by atoms with Gasteiger partial charge < -0.3 is 0 Å². The van der Waals surface area contributed by atoms with Gasteiger partial charge in [-0.1, -0.05) is 53.9 Å². The molecule has 0 spiro atoms. The highest BCUT2D eigenvalue weighted by atomic mass is 32.2. The van der Waals surface area contributed by atoms with Crippen molar-refractivity contribution in [3.63, 3.8) is 0 Å². The molecule has 0 bridgehead atoms. The molecular formula is C19H14O2S. The van der Waals surface area contributed by atoms with E-state index in [2.05, 4.69) is 11.8 Å². The van der Waals surface area contributed by atoms with Crippen molar-refractivity contribution in [1.82, 2.24) is 0 Å². The second-order valence-electron chi connectivity index (χ2n) is 5.03. The van der Waals surface area contributed by atoms with E-state index in [-0.39, 0.29) is 10.9 Å². The van der Waals surface area contributed by atoms with Gasteiger partial charge >= 0.3 is 0 Å². The summed E-state index contributed by atoms with van der Waals surface area (Å²) in [6.07, 6.45) is 0.662. The van der Waals surface area contributed by atoms with Crippen LogP contribution in [0, 0.1) is 11.8 Å². The molecule has 108 valence electrons. The Hall–Kier alpha value is -2.31. The van der Waals surface area contributed by atoms with Crippen LogP contribution in [-0.4, -0.2) is 16.7 Å². The van der Waals surface area contributed by atoms with Gasteiger partial charge in [0.2, 0.25) is 0 Å². The van der Waals surface area contributed by atoms with Crippen LogP contribution in [0.3, 0.4) is 0 Å². The Morgan fingerprint density at radius 2 is 1.77 bits per heavy atom. The van der Waals surface area contributed by atoms with E-state index in [0.717, 1.165) is 27.8 Å². The molecule has 0 saturated carbocycles. The number of rotatable bonds is 2. The minimum atomic E-state index is 0.0707. The van der Waals surface area contributed by atoms with Crippen LogP contribution in [0.2, 0.25) is 0 Å². The molecule has 0 unspecified atom stereocenters. The van der Waals surface area contributed by atoms with Crippen LogP contribution in [0.15, 0.2) is 42.5 Å². The maximum Gasteiger partial charge on any atom is 0.194 e. The lowest BCUT2D eigenvalue weighted by molar-refractivity contribution is -0.109. The summed E-state index contributed by atoms with van der Waals surface area (Å²) in [7, 11) is 0. The van der Waals surface area contributed by atoms with Gasteiger partial charge in [0, 0.05) is 35.8 Å². The predicted molar refractivity (Wildman–Crippen MR) is 89.9 cm³/mol. The van der Waals surface area contributed by atoms with Crippen molar-refractivity contribution in [3.05, 3.63) is 59.2 Å². The van der Waals surface area contributed by atoms with Gasteiger partial charge in [0.25, 0.3) is 0 Å². The number of carbonyl (C=O) groups excluding carboxylic acids is 2. The zero-order valence-corrected chi connectivity index (χ0v) is 13.0. The van der Waals surface area contributed by atoms with E-state index in [1.165, 1.54) is 11.8 Å². The summed E-state index contributed by atoms with van der Waals surface area (Å²) in [5.74, 6) is 6.90. The first-order valence-corrected chi connectivity index (χ1v) is 8.06. The molecule has 0 aliphatic heterocycles. The zero-order chi connectivity index (χ0) is 15.5. The highest BCUT2D eigenvalue weighted by Gasteiger charge is 2.25. The molecule has 0 atom stereocenters. The highest BCUT2D eigenvalue weighted by Crippen LogP contribution is 2.36. The van der Waals surface area contributed by atoms with Crippen molar-refractivity contribution < 1.29 is 9.59 Å². The van der Waals surface area contributed by atoms with E-state index < -0.39 is 0 Å². The molecular weight excluding hydrogens is 292 g/mol. The molecule has 0 saturated heterocycles. The first kappa shape index (κ1) is 14.6. The standard InChI is InChI=1S/C19H14O2S/c1-13(20)22-11-5-4-6-14-9-10-16-15-7-2-3-8-17(15)19(21)18(16)12-14/h2-3,7-10,12H,5,11H2,1H3. The summed E-state index contributed by atoms with van der Waals surface area (Å²) in [6.45, 7) is 1.56. The highest BCUT2D eigenvalue weighted by molar-refractivity contribution is 8.13. The van der Waals surface area contributed by atoms with Gasteiger partial charge in [-0.3, -0.25) is 9.59 Å². The Morgan fingerprint density at radius 3 is 2.55 bits per heavy atom. The molecule has 0 fully saturated rings. The summed E-state index contributed by atoms with van der Waals surface area (Å²) in [5, 5.41) is 0.114. The van der Waals surface area contributed by atoms with Crippen molar-refractivity contribution in [2.24, 2.45) is 0 Å². The molecule has 2 aromatic carbocycles. The zero-order valence-electron chi connectivity index (χ0n) is 12.2. The Balaban J connectivity index is 1.81. The Kier molecular flexibility index (Phi) is 4.13. The first-order valence-electron chi connectivity index (χ1n) is 7.07. The summed E-state index contributed by atoms with van der Waals surface area (Å²) in [4.78, 5) is 23.2. The van der Waals surface area contributed by atoms with Crippen LogP contribution < -0.4 is 0 Å². The number of fused-ring (bicyclic) bond motifs is 3. The van der Waals surface area contributed by atoms with Gasteiger partial charge in [-0.15, -0.1) is 0 Å². The van der Waals surface area contributed by atoms with Crippen molar-refractivity contribution >= 4 is 22.7 Å². The van der Waals surface area contributed by atoms with E-state index in [4.69, 9.17) is 0 Å². The molecule has 0 radical (unpaired) electrons. The topological polar surface area (TPSA) is 34.1 Å². The van der Waals surface area contributed by atoms with Crippen LogP contribution >= 0.6 is 11.8 Å². The Morgan fingerprint density at radius 1 is 1.05 bits per heavy atom. The summed E-state index contributed by atoms with van der Waals surface area (Å²) >= 11 is 1.28. The summed E-state index contributed by atoms with van der Waals surface area (Å²) < 4.78 is 0. The van der Waals surface area contributed by atoms with Crippen molar-refractivity contribution in [1.29, 1.82) is 0 Å². The average molecular weight is 306 g/mol.